The van der Waals surface area contributed by atoms with E-state index in [0.717, 1.165) is 12.0 Å². The van der Waals surface area contributed by atoms with E-state index in [2.05, 4.69) is 0 Å². The second kappa shape index (κ2) is 11.2. The molecule has 152 valence electrons. The van der Waals surface area contributed by atoms with E-state index in [1.807, 2.05) is 37.3 Å². The maximum Gasteiger partial charge on any atom is 0.336 e. The van der Waals surface area contributed by atoms with Gasteiger partial charge in [-0.3, -0.25) is 4.18 Å². The molecule has 1 atom stereocenters. The van der Waals surface area contributed by atoms with Crippen LogP contribution in [0.1, 0.15) is 38.2 Å². The Hall–Kier alpha value is -1.89. The summed E-state index contributed by atoms with van der Waals surface area (Å²) in [6.07, 6.45) is 1.95. The van der Waals surface area contributed by atoms with Crippen LogP contribution in [0.15, 0.2) is 59.5 Å². The van der Waals surface area contributed by atoms with Gasteiger partial charge in [-0.25, -0.2) is 4.79 Å². The minimum atomic E-state index is -4.11. The average Bonchev–Trinajstić information content (AvgIpc) is 2.68. The van der Waals surface area contributed by atoms with E-state index in [1.54, 1.807) is 0 Å². The summed E-state index contributed by atoms with van der Waals surface area (Å²) < 4.78 is 35.5. The van der Waals surface area contributed by atoms with Crippen LogP contribution >= 0.6 is 11.6 Å². The maximum atomic E-state index is 12.5. The van der Waals surface area contributed by atoms with Crippen molar-refractivity contribution in [1.29, 1.82) is 0 Å². The van der Waals surface area contributed by atoms with Crippen LogP contribution in [0.5, 0.6) is 0 Å². The van der Waals surface area contributed by atoms with Crippen LogP contribution in [0, 0.1) is 0 Å². The minimum absolute atomic E-state index is 0.0497. The number of ether oxygens (including phenoxy) is 1. The summed E-state index contributed by atoms with van der Waals surface area (Å²) in [6, 6.07) is 15.4. The fraction of sp³-hybridized carbons (Fsp3) is 0.381. The zero-order chi connectivity index (χ0) is 20.4. The van der Waals surface area contributed by atoms with Crippen molar-refractivity contribution in [2.24, 2.45) is 0 Å². The van der Waals surface area contributed by atoms with Gasteiger partial charge >= 0.3 is 5.97 Å². The molecular weight excluding hydrogens is 400 g/mol. The van der Waals surface area contributed by atoms with Gasteiger partial charge in [0, 0.05) is 5.02 Å². The van der Waals surface area contributed by atoms with Gasteiger partial charge < -0.3 is 4.74 Å². The van der Waals surface area contributed by atoms with Gasteiger partial charge in [0.15, 0.2) is 6.10 Å². The number of carbonyl (C=O) groups excluding carboxylic acids is 1. The highest BCUT2D eigenvalue weighted by atomic mass is 35.5. The molecule has 7 heteroatoms. The van der Waals surface area contributed by atoms with E-state index in [-0.39, 0.29) is 17.9 Å². The van der Waals surface area contributed by atoms with Gasteiger partial charge in [0.05, 0.1) is 11.5 Å². The van der Waals surface area contributed by atoms with Crippen LogP contribution in [0.25, 0.3) is 0 Å². The van der Waals surface area contributed by atoms with E-state index in [1.165, 1.54) is 24.3 Å². The maximum absolute atomic E-state index is 12.5. The van der Waals surface area contributed by atoms with Crippen molar-refractivity contribution in [1.82, 2.24) is 0 Å². The van der Waals surface area contributed by atoms with E-state index >= 15 is 0 Å². The average molecular weight is 425 g/mol. The summed E-state index contributed by atoms with van der Waals surface area (Å²) >= 11 is 5.81. The van der Waals surface area contributed by atoms with Gasteiger partial charge in [-0.2, -0.15) is 8.42 Å². The van der Waals surface area contributed by atoms with E-state index in [9.17, 15) is 13.2 Å². The number of rotatable bonds is 11. The molecule has 28 heavy (non-hydrogen) atoms. The van der Waals surface area contributed by atoms with Crippen molar-refractivity contribution in [2.75, 3.05) is 6.61 Å². The highest BCUT2D eigenvalue weighted by molar-refractivity contribution is 7.86. The third kappa shape index (κ3) is 7.26. The molecule has 0 unspecified atom stereocenters. The van der Waals surface area contributed by atoms with Gasteiger partial charge in [0.1, 0.15) is 0 Å². The Balaban J connectivity index is 2.05. The summed E-state index contributed by atoms with van der Waals surface area (Å²) in [5, 5.41) is 0.414. The van der Waals surface area contributed by atoms with Crippen LogP contribution in [-0.2, 0) is 30.3 Å². The Morgan fingerprint density at radius 2 is 1.71 bits per heavy atom. The first kappa shape index (κ1) is 22.4. The topological polar surface area (TPSA) is 69.7 Å². The summed E-state index contributed by atoms with van der Waals surface area (Å²) in [5.41, 5.74) is 1.11. The lowest BCUT2D eigenvalue weighted by Crippen LogP contribution is -2.30. The Kier molecular flexibility index (Phi) is 8.96. The molecule has 0 heterocycles. The molecule has 0 fully saturated rings. The van der Waals surface area contributed by atoms with Crippen molar-refractivity contribution in [3.05, 3.63) is 65.2 Å². The molecule has 0 radical (unpaired) electrons. The first-order chi connectivity index (χ1) is 13.4. The minimum Gasteiger partial charge on any atom is -0.464 e. The SMILES string of the molecule is CCCCOC(=O)[C@@H](CCCc1ccccc1)OS(=O)(=O)c1ccc(Cl)cc1. The summed E-state index contributed by atoms with van der Waals surface area (Å²) in [6.45, 7) is 2.22. The molecule has 0 aromatic heterocycles. The first-order valence-electron chi connectivity index (χ1n) is 9.32. The van der Waals surface area contributed by atoms with Crippen molar-refractivity contribution in [3.63, 3.8) is 0 Å². The molecule has 2 aromatic carbocycles. The van der Waals surface area contributed by atoms with Crippen molar-refractivity contribution >= 4 is 27.7 Å². The lowest BCUT2D eigenvalue weighted by atomic mass is 10.1. The van der Waals surface area contributed by atoms with Gasteiger partial charge in [-0.1, -0.05) is 55.3 Å². The Bertz CT molecular complexity index is 835. The molecule has 0 saturated heterocycles. The lowest BCUT2D eigenvalue weighted by molar-refractivity contribution is -0.152. The number of hydrogen-bond acceptors (Lipinski definition) is 5. The van der Waals surface area contributed by atoms with Crippen molar-refractivity contribution in [2.45, 2.75) is 50.0 Å². The highest BCUT2D eigenvalue weighted by Crippen LogP contribution is 2.20. The predicted octanol–water partition coefficient (Wildman–Crippen LogP) is 4.78. The molecule has 5 nitrogen and oxygen atoms in total. The van der Waals surface area contributed by atoms with Crippen LogP contribution in [0.4, 0.5) is 0 Å². The molecule has 0 spiro atoms. The third-order valence-corrected chi connectivity index (χ3v) is 5.71. The highest BCUT2D eigenvalue weighted by Gasteiger charge is 2.28. The lowest BCUT2D eigenvalue weighted by Gasteiger charge is -2.17. The number of hydrogen-bond donors (Lipinski definition) is 0. The normalized spacial score (nSPS) is 12.5. The fourth-order valence-electron chi connectivity index (χ4n) is 2.56. The van der Waals surface area contributed by atoms with E-state index < -0.39 is 22.2 Å². The van der Waals surface area contributed by atoms with Gasteiger partial charge in [0.25, 0.3) is 10.1 Å². The smallest absolute Gasteiger partial charge is 0.336 e. The van der Waals surface area contributed by atoms with E-state index in [0.29, 0.717) is 24.3 Å². The second-order valence-corrected chi connectivity index (χ2v) is 8.40. The second-order valence-electron chi connectivity index (χ2n) is 6.39. The van der Waals surface area contributed by atoms with Crippen molar-refractivity contribution in [3.8, 4) is 0 Å². The molecule has 2 aromatic rings. The van der Waals surface area contributed by atoms with Crippen LogP contribution in [0.2, 0.25) is 5.02 Å². The fourth-order valence-corrected chi connectivity index (χ4v) is 3.75. The van der Waals surface area contributed by atoms with Gasteiger partial charge in [-0.05, 0) is 55.5 Å². The molecule has 0 aliphatic carbocycles. The monoisotopic (exact) mass is 424 g/mol. The van der Waals surface area contributed by atoms with Crippen LogP contribution in [0.3, 0.4) is 0 Å². The number of unbranched alkanes of at least 4 members (excludes halogenated alkanes) is 1. The number of carbonyl (C=O) groups is 1. The standard InChI is InChI=1S/C21H25ClO5S/c1-2-3-16-26-21(23)20(11-7-10-17-8-5-4-6-9-17)27-28(24,25)19-14-12-18(22)13-15-19/h4-6,8-9,12-15,20H,2-3,7,10-11,16H2,1H3/t20-/m1/s1. The predicted molar refractivity (Wildman–Crippen MR) is 109 cm³/mol. The zero-order valence-electron chi connectivity index (χ0n) is 15.8. The quantitative estimate of drug-likeness (QED) is 0.295. The number of benzene rings is 2. The molecule has 0 aliphatic heterocycles. The summed E-state index contributed by atoms with van der Waals surface area (Å²) in [5.74, 6) is -0.654. The van der Waals surface area contributed by atoms with Gasteiger partial charge in [-0.15, -0.1) is 0 Å². The van der Waals surface area contributed by atoms with Crippen LogP contribution in [-0.4, -0.2) is 27.1 Å². The zero-order valence-corrected chi connectivity index (χ0v) is 17.4. The van der Waals surface area contributed by atoms with E-state index in [4.69, 9.17) is 20.5 Å². The number of aryl methyl sites for hydroxylation is 1. The molecule has 0 amide bonds. The molecule has 2 rings (SSSR count). The van der Waals surface area contributed by atoms with Crippen LogP contribution < -0.4 is 0 Å². The molecule has 0 aliphatic rings. The first-order valence-corrected chi connectivity index (χ1v) is 11.1. The Labute approximate surface area is 171 Å². The third-order valence-electron chi connectivity index (χ3n) is 4.12. The van der Waals surface area contributed by atoms with Gasteiger partial charge in [0.2, 0.25) is 0 Å². The largest absolute Gasteiger partial charge is 0.464 e. The Morgan fingerprint density at radius 3 is 2.36 bits per heavy atom. The summed E-state index contributed by atoms with van der Waals surface area (Å²) in [4.78, 5) is 12.3. The molecule has 0 saturated carbocycles. The number of halogens is 1. The Morgan fingerprint density at radius 1 is 1.04 bits per heavy atom. The summed E-state index contributed by atoms with van der Waals surface area (Å²) in [7, 11) is -4.11. The molecule has 0 bridgehead atoms. The molecular formula is C21H25ClO5S. The molecule has 0 N–H and O–H groups in total. The number of esters is 1. The van der Waals surface area contributed by atoms with Crippen molar-refractivity contribution < 1.29 is 22.1 Å².